The third-order valence-electron chi connectivity index (χ3n) is 2.81. The van der Waals surface area contributed by atoms with E-state index in [4.69, 9.17) is 4.74 Å². The van der Waals surface area contributed by atoms with Crippen molar-refractivity contribution in [3.05, 3.63) is 35.4 Å². The van der Waals surface area contributed by atoms with Gasteiger partial charge < -0.3 is 10.1 Å². The van der Waals surface area contributed by atoms with Crippen LogP contribution in [0.15, 0.2) is 24.3 Å². The molecule has 1 N–H and O–H groups in total. The molecule has 2 heteroatoms. The predicted octanol–water partition coefficient (Wildman–Crippen LogP) is 3.36. The lowest BCUT2D eigenvalue weighted by atomic mass is 10.1. The molecule has 1 atom stereocenters. The topological polar surface area (TPSA) is 21.3 Å². The Morgan fingerprint density at radius 3 is 2.35 bits per heavy atom. The minimum atomic E-state index is 0.331. The second-order valence-electron chi connectivity index (χ2n) is 5.05. The first-order valence-corrected chi connectivity index (χ1v) is 6.46. The summed E-state index contributed by atoms with van der Waals surface area (Å²) >= 11 is 0. The van der Waals surface area contributed by atoms with Gasteiger partial charge in [0.05, 0.1) is 12.7 Å². The highest BCUT2D eigenvalue weighted by Gasteiger charge is 2.07. The highest BCUT2D eigenvalue weighted by Crippen LogP contribution is 2.14. The third-order valence-corrected chi connectivity index (χ3v) is 2.81. The van der Waals surface area contributed by atoms with Crippen molar-refractivity contribution >= 4 is 0 Å². The van der Waals surface area contributed by atoms with Crippen molar-refractivity contribution in [2.45, 2.75) is 46.4 Å². The number of hydrogen-bond donors (Lipinski definition) is 1. The Morgan fingerprint density at radius 1 is 1.12 bits per heavy atom. The minimum Gasteiger partial charge on any atom is -0.374 e. The van der Waals surface area contributed by atoms with E-state index in [1.807, 2.05) is 7.05 Å². The molecule has 17 heavy (non-hydrogen) atoms. The van der Waals surface area contributed by atoms with E-state index in [2.05, 4.69) is 50.4 Å². The fraction of sp³-hybridized carbons (Fsp3) is 0.600. The molecule has 0 radical (unpaired) electrons. The normalized spacial score (nSPS) is 13.0. The first-order valence-electron chi connectivity index (χ1n) is 6.46. The predicted molar refractivity (Wildman–Crippen MR) is 72.9 cm³/mol. The van der Waals surface area contributed by atoms with E-state index in [1.54, 1.807) is 0 Å². The summed E-state index contributed by atoms with van der Waals surface area (Å²) < 4.78 is 5.90. The van der Waals surface area contributed by atoms with Gasteiger partial charge in [-0.15, -0.1) is 0 Å². The molecule has 2 nitrogen and oxygen atoms in total. The number of rotatable bonds is 7. The van der Waals surface area contributed by atoms with Crippen LogP contribution in [0.1, 0.15) is 38.3 Å². The highest BCUT2D eigenvalue weighted by atomic mass is 16.5. The molecule has 0 bridgehead atoms. The summed E-state index contributed by atoms with van der Waals surface area (Å²) in [6.45, 7) is 8.23. The number of nitrogens with one attached hydrogen (secondary N) is 1. The van der Waals surface area contributed by atoms with Gasteiger partial charge in [0.2, 0.25) is 0 Å². The Morgan fingerprint density at radius 2 is 1.76 bits per heavy atom. The molecule has 96 valence electrons. The van der Waals surface area contributed by atoms with Crippen LogP contribution in [0.3, 0.4) is 0 Å². The van der Waals surface area contributed by atoms with Crippen LogP contribution in [0.2, 0.25) is 0 Å². The summed E-state index contributed by atoms with van der Waals surface area (Å²) in [7, 11) is 1.97. The van der Waals surface area contributed by atoms with Crippen LogP contribution < -0.4 is 5.32 Å². The maximum atomic E-state index is 5.90. The second kappa shape index (κ2) is 7.46. The third kappa shape index (κ3) is 5.33. The van der Waals surface area contributed by atoms with Crippen molar-refractivity contribution in [1.82, 2.24) is 5.32 Å². The standard InChI is InChI=1S/C15H25NO/c1-12(2)9-13(3)17-11-15-8-6-5-7-14(15)10-16-4/h5-8,12-13,16H,9-11H2,1-4H3. The van der Waals surface area contributed by atoms with Crippen molar-refractivity contribution in [2.24, 2.45) is 5.92 Å². The SMILES string of the molecule is CNCc1ccccc1COC(C)CC(C)C. The van der Waals surface area contributed by atoms with Crippen molar-refractivity contribution in [3.8, 4) is 0 Å². The fourth-order valence-electron chi connectivity index (χ4n) is 2.03. The van der Waals surface area contributed by atoms with Gasteiger partial charge in [-0.3, -0.25) is 0 Å². The van der Waals surface area contributed by atoms with E-state index in [1.165, 1.54) is 11.1 Å². The maximum absolute atomic E-state index is 5.90. The Bertz CT molecular complexity index is 322. The van der Waals surface area contributed by atoms with E-state index in [9.17, 15) is 0 Å². The van der Waals surface area contributed by atoms with Crippen LogP contribution >= 0.6 is 0 Å². The van der Waals surface area contributed by atoms with Crippen LogP contribution in [0.5, 0.6) is 0 Å². The molecular formula is C15H25NO. The Balaban J connectivity index is 2.50. The number of hydrogen-bond acceptors (Lipinski definition) is 2. The van der Waals surface area contributed by atoms with E-state index in [0.29, 0.717) is 18.6 Å². The van der Waals surface area contributed by atoms with Crippen LogP contribution in [0.4, 0.5) is 0 Å². The molecule has 1 aromatic carbocycles. The molecule has 0 aliphatic rings. The van der Waals surface area contributed by atoms with Gasteiger partial charge in [-0.05, 0) is 37.4 Å². The summed E-state index contributed by atoms with van der Waals surface area (Å²) in [5.74, 6) is 0.692. The number of ether oxygens (including phenoxy) is 1. The molecular weight excluding hydrogens is 210 g/mol. The Kier molecular flexibility index (Phi) is 6.23. The van der Waals surface area contributed by atoms with Crippen molar-refractivity contribution in [3.63, 3.8) is 0 Å². The van der Waals surface area contributed by atoms with E-state index in [-0.39, 0.29) is 0 Å². The molecule has 0 amide bonds. The zero-order valence-electron chi connectivity index (χ0n) is 11.5. The molecule has 0 aromatic heterocycles. The van der Waals surface area contributed by atoms with Gasteiger partial charge in [0.1, 0.15) is 0 Å². The van der Waals surface area contributed by atoms with Crippen molar-refractivity contribution in [1.29, 1.82) is 0 Å². The highest BCUT2D eigenvalue weighted by molar-refractivity contribution is 5.26. The second-order valence-corrected chi connectivity index (χ2v) is 5.05. The summed E-state index contributed by atoms with van der Waals surface area (Å²) in [6, 6.07) is 8.45. The average molecular weight is 235 g/mol. The van der Waals surface area contributed by atoms with Gasteiger partial charge in [0.25, 0.3) is 0 Å². The lowest BCUT2D eigenvalue weighted by Gasteiger charge is -2.16. The van der Waals surface area contributed by atoms with Crippen LogP contribution in [0.25, 0.3) is 0 Å². The first kappa shape index (κ1) is 14.2. The summed E-state index contributed by atoms with van der Waals surface area (Å²) in [5, 5.41) is 3.19. The van der Waals surface area contributed by atoms with E-state index < -0.39 is 0 Å². The van der Waals surface area contributed by atoms with Crippen molar-refractivity contribution < 1.29 is 4.74 Å². The molecule has 1 aromatic rings. The molecule has 0 saturated heterocycles. The lowest BCUT2D eigenvalue weighted by molar-refractivity contribution is 0.0393. The van der Waals surface area contributed by atoms with Gasteiger partial charge in [-0.1, -0.05) is 38.1 Å². The van der Waals surface area contributed by atoms with Gasteiger partial charge in [0, 0.05) is 6.54 Å². The molecule has 1 unspecified atom stereocenters. The Labute approximate surface area is 105 Å². The van der Waals surface area contributed by atoms with Gasteiger partial charge >= 0.3 is 0 Å². The van der Waals surface area contributed by atoms with E-state index >= 15 is 0 Å². The largest absolute Gasteiger partial charge is 0.374 e. The zero-order chi connectivity index (χ0) is 12.7. The quantitative estimate of drug-likeness (QED) is 0.782. The number of benzene rings is 1. The first-order chi connectivity index (χ1) is 8.13. The molecule has 1 rings (SSSR count). The summed E-state index contributed by atoms with van der Waals surface area (Å²) in [5.41, 5.74) is 2.62. The van der Waals surface area contributed by atoms with Crippen molar-refractivity contribution in [2.75, 3.05) is 7.05 Å². The van der Waals surface area contributed by atoms with Gasteiger partial charge in [-0.2, -0.15) is 0 Å². The molecule has 0 spiro atoms. The molecule has 0 saturated carbocycles. The molecule has 0 aliphatic heterocycles. The van der Waals surface area contributed by atoms with Crippen LogP contribution in [0, 0.1) is 5.92 Å². The average Bonchev–Trinajstić information content (AvgIpc) is 2.27. The molecule has 0 fully saturated rings. The van der Waals surface area contributed by atoms with Crippen LogP contribution in [-0.4, -0.2) is 13.2 Å². The van der Waals surface area contributed by atoms with Gasteiger partial charge in [-0.25, -0.2) is 0 Å². The summed E-state index contributed by atoms with van der Waals surface area (Å²) in [4.78, 5) is 0. The van der Waals surface area contributed by atoms with Gasteiger partial charge in [0.15, 0.2) is 0 Å². The minimum absolute atomic E-state index is 0.331. The smallest absolute Gasteiger partial charge is 0.0723 e. The summed E-state index contributed by atoms with van der Waals surface area (Å²) in [6.07, 6.45) is 1.45. The monoisotopic (exact) mass is 235 g/mol. The fourth-order valence-corrected chi connectivity index (χ4v) is 2.03. The zero-order valence-corrected chi connectivity index (χ0v) is 11.5. The van der Waals surface area contributed by atoms with Crippen LogP contribution in [-0.2, 0) is 17.9 Å². The lowest BCUT2D eigenvalue weighted by Crippen LogP contribution is -2.13. The molecule has 0 aliphatic carbocycles. The van der Waals surface area contributed by atoms with E-state index in [0.717, 1.165) is 13.0 Å². The maximum Gasteiger partial charge on any atom is 0.0723 e. The Hall–Kier alpha value is -0.860. The molecule has 0 heterocycles.